The molecule has 0 unspecified atom stereocenters. The molecule has 0 atom stereocenters. The van der Waals surface area contributed by atoms with Crippen LogP contribution in [0.4, 0.5) is 10.1 Å². The van der Waals surface area contributed by atoms with E-state index in [1.165, 1.54) is 12.1 Å². The summed E-state index contributed by atoms with van der Waals surface area (Å²) in [4.78, 5) is 15.4. The fraction of sp³-hybridized carbons (Fsp3) is 0.500. The number of carbonyl (C=O) groups is 1. The second kappa shape index (κ2) is 5.48. The Balaban J connectivity index is 2.17. The fourth-order valence-electron chi connectivity index (χ4n) is 2.52. The van der Waals surface area contributed by atoms with Crippen molar-refractivity contribution >= 4 is 12.0 Å². The Hall–Kier alpha value is -1.42. The summed E-state index contributed by atoms with van der Waals surface area (Å²) in [6, 6.07) is 4.82. The van der Waals surface area contributed by atoms with Crippen LogP contribution in [0.5, 0.6) is 0 Å². The SMILES string of the molecule is CN1CCC(N(C)c2ccc(F)cc2C=O)CC1. The monoisotopic (exact) mass is 250 g/mol. The van der Waals surface area contributed by atoms with Crippen molar-refractivity contribution in [1.82, 2.24) is 4.90 Å². The quantitative estimate of drug-likeness (QED) is 0.768. The van der Waals surface area contributed by atoms with Crippen LogP contribution in [0.15, 0.2) is 18.2 Å². The van der Waals surface area contributed by atoms with Crippen LogP contribution in [-0.4, -0.2) is 44.4 Å². The van der Waals surface area contributed by atoms with Crippen molar-refractivity contribution in [2.24, 2.45) is 0 Å². The van der Waals surface area contributed by atoms with E-state index in [0.29, 0.717) is 11.6 Å². The van der Waals surface area contributed by atoms with Crippen molar-refractivity contribution in [3.05, 3.63) is 29.6 Å². The molecule has 0 amide bonds. The summed E-state index contributed by atoms with van der Waals surface area (Å²) < 4.78 is 13.1. The van der Waals surface area contributed by atoms with E-state index >= 15 is 0 Å². The molecule has 0 bridgehead atoms. The molecule has 1 aliphatic heterocycles. The van der Waals surface area contributed by atoms with E-state index in [0.717, 1.165) is 37.9 Å². The van der Waals surface area contributed by atoms with Gasteiger partial charge in [-0.1, -0.05) is 0 Å². The lowest BCUT2D eigenvalue weighted by Gasteiger charge is -2.36. The second-order valence-electron chi connectivity index (χ2n) is 4.97. The molecule has 0 N–H and O–H groups in total. The van der Waals surface area contributed by atoms with Gasteiger partial charge in [0.2, 0.25) is 0 Å². The zero-order valence-corrected chi connectivity index (χ0v) is 10.9. The normalized spacial score (nSPS) is 17.7. The molecule has 0 spiro atoms. The number of nitrogens with zero attached hydrogens (tertiary/aromatic N) is 2. The molecular weight excluding hydrogens is 231 g/mol. The highest BCUT2D eigenvalue weighted by molar-refractivity contribution is 5.84. The minimum absolute atomic E-state index is 0.363. The van der Waals surface area contributed by atoms with Crippen LogP contribution in [-0.2, 0) is 0 Å². The van der Waals surface area contributed by atoms with Crippen molar-refractivity contribution in [3.63, 3.8) is 0 Å². The van der Waals surface area contributed by atoms with E-state index in [4.69, 9.17) is 0 Å². The van der Waals surface area contributed by atoms with Crippen LogP contribution < -0.4 is 4.90 Å². The number of aldehydes is 1. The van der Waals surface area contributed by atoms with Gasteiger partial charge in [-0.05, 0) is 51.2 Å². The van der Waals surface area contributed by atoms with Crippen LogP contribution in [0.25, 0.3) is 0 Å². The number of piperidine rings is 1. The molecule has 4 heteroatoms. The third-order valence-electron chi connectivity index (χ3n) is 3.73. The van der Waals surface area contributed by atoms with Crippen molar-refractivity contribution in [2.75, 3.05) is 32.1 Å². The summed E-state index contributed by atoms with van der Waals surface area (Å²) in [5.74, 6) is -0.363. The zero-order valence-electron chi connectivity index (χ0n) is 10.9. The summed E-state index contributed by atoms with van der Waals surface area (Å²) >= 11 is 0. The van der Waals surface area contributed by atoms with Gasteiger partial charge in [0, 0.05) is 24.3 Å². The van der Waals surface area contributed by atoms with Crippen molar-refractivity contribution in [2.45, 2.75) is 18.9 Å². The smallest absolute Gasteiger partial charge is 0.152 e. The number of hydrogen-bond donors (Lipinski definition) is 0. The average Bonchev–Trinajstić information content (AvgIpc) is 2.38. The van der Waals surface area contributed by atoms with Crippen molar-refractivity contribution in [3.8, 4) is 0 Å². The number of likely N-dealkylation sites (tertiary alicyclic amines) is 1. The van der Waals surface area contributed by atoms with Crippen LogP contribution in [0.2, 0.25) is 0 Å². The summed E-state index contributed by atoms with van der Waals surface area (Å²) in [5.41, 5.74) is 1.25. The molecule has 3 nitrogen and oxygen atoms in total. The summed E-state index contributed by atoms with van der Waals surface area (Å²) in [6.07, 6.45) is 2.87. The minimum atomic E-state index is -0.363. The fourth-order valence-corrected chi connectivity index (χ4v) is 2.52. The van der Waals surface area contributed by atoms with Gasteiger partial charge in [0.25, 0.3) is 0 Å². The van der Waals surface area contributed by atoms with Crippen LogP contribution in [0.1, 0.15) is 23.2 Å². The molecule has 18 heavy (non-hydrogen) atoms. The molecule has 1 fully saturated rings. The van der Waals surface area contributed by atoms with Gasteiger partial charge in [-0.2, -0.15) is 0 Å². The molecule has 0 aromatic heterocycles. The molecule has 98 valence electrons. The van der Waals surface area contributed by atoms with Gasteiger partial charge >= 0.3 is 0 Å². The molecule has 0 saturated carbocycles. The molecule has 0 aliphatic carbocycles. The average molecular weight is 250 g/mol. The molecule has 1 saturated heterocycles. The van der Waals surface area contributed by atoms with Gasteiger partial charge in [0.1, 0.15) is 5.82 Å². The molecule has 1 heterocycles. The molecular formula is C14H19FN2O. The van der Waals surface area contributed by atoms with E-state index in [1.54, 1.807) is 6.07 Å². The Bertz CT molecular complexity index is 428. The first-order valence-electron chi connectivity index (χ1n) is 6.28. The van der Waals surface area contributed by atoms with Gasteiger partial charge in [-0.15, -0.1) is 0 Å². The third-order valence-corrected chi connectivity index (χ3v) is 3.73. The van der Waals surface area contributed by atoms with Crippen molar-refractivity contribution in [1.29, 1.82) is 0 Å². The van der Waals surface area contributed by atoms with E-state index in [1.807, 2.05) is 7.05 Å². The number of carbonyl (C=O) groups excluding carboxylic acids is 1. The number of halogens is 1. The first-order valence-corrected chi connectivity index (χ1v) is 6.28. The Kier molecular flexibility index (Phi) is 3.97. The van der Waals surface area contributed by atoms with Crippen LogP contribution >= 0.6 is 0 Å². The Morgan fingerprint density at radius 1 is 1.39 bits per heavy atom. The van der Waals surface area contributed by atoms with Gasteiger partial charge in [0.05, 0.1) is 0 Å². The van der Waals surface area contributed by atoms with Crippen LogP contribution in [0.3, 0.4) is 0 Å². The Morgan fingerprint density at radius 2 is 2.06 bits per heavy atom. The standard InChI is InChI=1S/C14H19FN2O/c1-16-7-5-13(6-8-16)17(2)14-4-3-12(15)9-11(14)10-18/h3-4,9-10,13H,5-8H2,1-2H3. The van der Waals surface area contributed by atoms with Gasteiger partial charge in [0.15, 0.2) is 6.29 Å². The maximum Gasteiger partial charge on any atom is 0.152 e. The molecule has 1 aromatic carbocycles. The summed E-state index contributed by atoms with van der Waals surface area (Å²) in [6.45, 7) is 2.12. The Morgan fingerprint density at radius 3 is 2.67 bits per heavy atom. The van der Waals surface area contributed by atoms with Crippen LogP contribution in [0, 0.1) is 5.82 Å². The highest BCUT2D eigenvalue weighted by Gasteiger charge is 2.22. The molecule has 1 aromatic rings. The van der Waals surface area contributed by atoms with Gasteiger partial charge < -0.3 is 9.80 Å². The number of rotatable bonds is 3. The van der Waals surface area contributed by atoms with E-state index in [2.05, 4.69) is 16.8 Å². The zero-order chi connectivity index (χ0) is 13.1. The highest BCUT2D eigenvalue weighted by atomic mass is 19.1. The predicted molar refractivity (Wildman–Crippen MR) is 70.7 cm³/mol. The number of benzene rings is 1. The number of anilines is 1. The van der Waals surface area contributed by atoms with E-state index in [-0.39, 0.29) is 5.82 Å². The highest BCUT2D eigenvalue weighted by Crippen LogP contribution is 2.25. The van der Waals surface area contributed by atoms with Crippen molar-refractivity contribution < 1.29 is 9.18 Å². The van der Waals surface area contributed by atoms with Gasteiger partial charge in [-0.25, -0.2) is 4.39 Å². The summed E-state index contributed by atoms with van der Waals surface area (Å²) in [5, 5.41) is 0. The lowest BCUT2D eigenvalue weighted by molar-refractivity contribution is 0.112. The maximum atomic E-state index is 13.1. The third kappa shape index (κ3) is 2.70. The minimum Gasteiger partial charge on any atom is -0.371 e. The first-order chi connectivity index (χ1) is 8.61. The largest absolute Gasteiger partial charge is 0.371 e. The lowest BCUT2D eigenvalue weighted by atomic mass is 10.0. The second-order valence-corrected chi connectivity index (χ2v) is 4.97. The lowest BCUT2D eigenvalue weighted by Crippen LogP contribution is -2.42. The number of hydrogen-bond acceptors (Lipinski definition) is 3. The van der Waals surface area contributed by atoms with E-state index < -0.39 is 0 Å². The molecule has 2 rings (SSSR count). The van der Waals surface area contributed by atoms with E-state index in [9.17, 15) is 9.18 Å². The summed E-state index contributed by atoms with van der Waals surface area (Å²) in [7, 11) is 4.10. The Labute approximate surface area is 107 Å². The molecule has 1 aliphatic rings. The predicted octanol–water partition coefficient (Wildman–Crippen LogP) is 2.17. The molecule has 0 radical (unpaired) electrons. The topological polar surface area (TPSA) is 23.6 Å². The first kappa shape index (κ1) is 13.0. The van der Waals surface area contributed by atoms with Gasteiger partial charge in [-0.3, -0.25) is 4.79 Å². The maximum absolute atomic E-state index is 13.1.